The highest BCUT2D eigenvalue weighted by Gasteiger charge is 2.14. The van der Waals surface area contributed by atoms with Crippen molar-refractivity contribution in [3.8, 4) is 23.0 Å². The topological polar surface area (TPSA) is 54.0 Å². The number of hydrogen-bond acceptors (Lipinski definition) is 5. The number of benzene rings is 3. The van der Waals surface area contributed by atoms with Gasteiger partial charge in [-0.25, -0.2) is 0 Å². The summed E-state index contributed by atoms with van der Waals surface area (Å²) in [6.07, 6.45) is 4.07. The molecule has 5 nitrogen and oxygen atoms in total. The van der Waals surface area contributed by atoms with Gasteiger partial charge in [0.05, 0.1) is 39.6 Å². The molecule has 0 spiro atoms. The molecular formula is C26H28O5P+. The zero-order valence-corrected chi connectivity index (χ0v) is 20.2. The zero-order valence-electron chi connectivity index (χ0n) is 19.2. The van der Waals surface area contributed by atoms with E-state index in [0.717, 1.165) is 38.0 Å². The van der Waals surface area contributed by atoms with Gasteiger partial charge in [0.15, 0.2) is 5.30 Å². The molecule has 0 fully saturated rings. The van der Waals surface area contributed by atoms with E-state index in [-0.39, 0.29) is 0 Å². The molecule has 3 aromatic carbocycles. The number of methoxy groups -OCH3 is 4. The summed E-state index contributed by atoms with van der Waals surface area (Å²) >= 11 is 0. The van der Waals surface area contributed by atoms with Gasteiger partial charge in [-0.3, -0.25) is 0 Å². The highest BCUT2D eigenvalue weighted by molar-refractivity contribution is 7.34. The number of aryl methyl sites for hydroxylation is 1. The third-order valence-electron chi connectivity index (χ3n) is 5.50. The average molecular weight is 451 g/mol. The molecule has 0 bridgehead atoms. The fourth-order valence-corrected chi connectivity index (χ4v) is 4.34. The van der Waals surface area contributed by atoms with E-state index in [2.05, 4.69) is 0 Å². The summed E-state index contributed by atoms with van der Waals surface area (Å²) in [6, 6.07) is 13.3. The summed E-state index contributed by atoms with van der Waals surface area (Å²) in [4.78, 5) is 0. The first-order valence-electron chi connectivity index (χ1n) is 10.1. The van der Waals surface area contributed by atoms with Gasteiger partial charge in [0.1, 0.15) is 23.0 Å². The fraction of sp³-hybridized carbons (Fsp3) is 0.231. The van der Waals surface area contributed by atoms with Crippen LogP contribution in [0.25, 0.3) is 12.2 Å². The molecule has 32 heavy (non-hydrogen) atoms. The van der Waals surface area contributed by atoms with Crippen LogP contribution in [0, 0.1) is 13.8 Å². The van der Waals surface area contributed by atoms with E-state index < -0.39 is 8.46 Å². The second-order valence-electron chi connectivity index (χ2n) is 7.24. The van der Waals surface area contributed by atoms with Crippen LogP contribution in [0.5, 0.6) is 23.0 Å². The van der Waals surface area contributed by atoms with Crippen LogP contribution in [-0.4, -0.2) is 28.4 Å². The van der Waals surface area contributed by atoms with E-state index in [1.165, 1.54) is 0 Å². The van der Waals surface area contributed by atoms with Crippen LogP contribution in [0.1, 0.15) is 22.3 Å². The normalized spacial score (nSPS) is 12.2. The van der Waals surface area contributed by atoms with Gasteiger partial charge in [-0.05, 0) is 72.3 Å². The predicted octanol–water partition coefficient (Wildman–Crippen LogP) is 3.64. The van der Waals surface area contributed by atoms with Crippen molar-refractivity contribution in [1.82, 2.24) is 0 Å². The standard InChI is InChI=1S/C26H27O5P/c1-16-13-26(32-27)17(2)19(15-21-24(30-5)11-8-12-25(21)31-6)18(16)14-20-22(28-3)9-7-10-23(20)29-4/h7-15H,1-6H3/p+1. The number of ether oxygens (including phenoxy) is 4. The Labute approximate surface area is 190 Å². The molecule has 3 rings (SSSR count). The lowest BCUT2D eigenvalue weighted by Crippen LogP contribution is -2.34. The smallest absolute Gasteiger partial charge is 0.363 e. The maximum atomic E-state index is 11.9. The molecule has 166 valence electrons. The Balaban J connectivity index is 2.51. The summed E-state index contributed by atoms with van der Waals surface area (Å²) in [7, 11) is 5.98. The Morgan fingerprint density at radius 1 is 0.688 bits per heavy atom. The molecule has 6 heteroatoms. The van der Waals surface area contributed by atoms with E-state index in [4.69, 9.17) is 18.9 Å². The van der Waals surface area contributed by atoms with Crippen LogP contribution in [0.15, 0.2) is 42.5 Å². The molecule has 0 heterocycles. The van der Waals surface area contributed by atoms with E-state index in [1.54, 1.807) is 28.4 Å². The van der Waals surface area contributed by atoms with Crippen molar-refractivity contribution in [2.75, 3.05) is 28.4 Å². The SMILES string of the molecule is COc1cccc(OC)c1C=c1c(C)cc([PH+]=O)c(C)c1=Cc1c(OC)cccc1OC. The van der Waals surface area contributed by atoms with Gasteiger partial charge in [0, 0.05) is 5.56 Å². The van der Waals surface area contributed by atoms with Crippen molar-refractivity contribution in [3.05, 3.63) is 75.2 Å². The molecule has 0 aliphatic heterocycles. The van der Waals surface area contributed by atoms with Gasteiger partial charge < -0.3 is 18.9 Å². The van der Waals surface area contributed by atoms with Crippen LogP contribution in [-0.2, 0) is 4.57 Å². The predicted molar refractivity (Wildman–Crippen MR) is 130 cm³/mol. The van der Waals surface area contributed by atoms with Gasteiger partial charge in [0.25, 0.3) is 0 Å². The van der Waals surface area contributed by atoms with Crippen LogP contribution >= 0.6 is 8.46 Å². The molecule has 0 radical (unpaired) electrons. The highest BCUT2D eigenvalue weighted by Crippen LogP contribution is 2.30. The molecule has 3 aromatic rings. The van der Waals surface area contributed by atoms with Crippen LogP contribution < -0.4 is 34.7 Å². The second kappa shape index (κ2) is 10.3. The Morgan fingerprint density at radius 3 is 1.47 bits per heavy atom. The maximum Gasteiger partial charge on any atom is 0.363 e. The second-order valence-corrected chi connectivity index (χ2v) is 7.98. The molecule has 0 amide bonds. The lowest BCUT2D eigenvalue weighted by atomic mass is 10.0. The van der Waals surface area contributed by atoms with E-state index >= 15 is 0 Å². The lowest BCUT2D eigenvalue weighted by Gasteiger charge is -2.12. The first-order valence-corrected chi connectivity index (χ1v) is 11.0. The van der Waals surface area contributed by atoms with Crippen molar-refractivity contribution in [3.63, 3.8) is 0 Å². The van der Waals surface area contributed by atoms with Gasteiger partial charge in [0.2, 0.25) is 0 Å². The van der Waals surface area contributed by atoms with Crippen molar-refractivity contribution in [1.29, 1.82) is 0 Å². The van der Waals surface area contributed by atoms with Crippen molar-refractivity contribution in [2.45, 2.75) is 13.8 Å². The van der Waals surface area contributed by atoms with E-state index in [1.807, 2.05) is 68.5 Å². The zero-order chi connectivity index (χ0) is 23.3. The third kappa shape index (κ3) is 4.49. The summed E-state index contributed by atoms with van der Waals surface area (Å²) in [5.41, 5.74) is 3.56. The maximum absolute atomic E-state index is 11.9. The summed E-state index contributed by atoms with van der Waals surface area (Å²) in [5.74, 6) is 2.79. The molecule has 0 aromatic heterocycles. The monoisotopic (exact) mass is 451 g/mol. The quantitative estimate of drug-likeness (QED) is 0.514. The Morgan fingerprint density at radius 2 is 1.09 bits per heavy atom. The molecule has 1 unspecified atom stereocenters. The Kier molecular flexibility index (Phi) is 7.55. The minimum atomic E-state index is -0.559. The van der Waals surface area contributed by atoms with Crippen LogP contribution in [0.4, 0.5) is 0 Å². The molecule has 0 N–H and O–H groups in total. The van der Waals surface area contributed by atoms with E-state index in [0.29, 0.717) is 23.0 Å². The largest absolute Gasteiger partial charge is 0.496 e. The fourth-order valence-electron chi connectivity index (χ4n) is 3.78. The minimum absolute atomic E-state index is 0.559. The summed E-state index contributed by atoms with van der Waals surface area (Å²) in [6.45, 7) is 3.98. The molecule has 1 atom stereocenters. The van der Waals surface area contributed by atoms with Gasteiger partial charge >= 0.3 is 8.46 Å². The van der Waals surface area contributed by atoms with Gasteiger partial charge in [-0.1, -0.05) is 16.7 Å². The minimum Gasteiger partial charge on any atom is -0.496 e. The lowest BCUT2D eigenvalue weighted by molar-refractivity contribution is 0.392. The molecule has 0 aliphatic rings. The van der Waals surface area contributed by atoms with Gasteiger partial charge in [-0.2, -0.15) is 0 Å². The van der Waals surface area contributed by atoms with Crippen molar-refractivity contribution < 1.29 is 23.5 Å². The first-order chi connectivity index (χ1) is 15.5. The molecule has 0 saturated carbocycles. The number of rotatable bonds is 7. The molecule has 0 aliphatic carbocycles. The van der Waals surface area contributed by atoms with Crippen LogP contribution in [0.2, 0.25) is 0 Å². The highest BCUT2D eigenvalue weighted by atomic mass is 31.1. The first kappa shape index (κ1) is 23.4. The molecule has 0 saturated heterocycles. The van der Waals surface area contributed by atoms with Gasteiger partial charge in [-0.15, -0.1) is 0 Å². The van der Waals surface area contributed by atoms with E-state index in [9.17, 15) is 4.57 Å². The third-order valence-corrected chi connectivity index (χ3v) is 6.24. The van der Waals surface area contributed by atoms with Crippen molar-refractivity contribution >= 4 is 25.9 Å². The van der Waals surface area contributed by atoms with Crippen LogP contribution in [0.3, 0.4) is 0 Å². The summed E-state index contributed by atoms with van der Waals surface area (Å²) < 4.78 is 34.3. The number of hydrogen-bond donors (Lipinski definition) is 0. The molecular weight excluding hydrogens is 423 g/mol. The summed E-state index contributed by atoms with van der Waals surface area (Å²) in [5, 5.41) is 2.69. The van der Waals surface area contributed by atoms with Crippen molar-refractivity contribution in [2.24, 2.45) is 0 Å². The average Bonchev–Trinajstić information content (AvgIpc) is 2.82. The Bertz CT molecular complexity index is 1220. The Hall–Kier alpha value is -3.30.